The van der Waals surface area contributed by atoms with Crippen molar-refractivity contribution in [3.05, 3.63) is 59.5 Å². The maximum atomic E-state index is 14.0. The second kappa shape index (κ2) is 8.29. The van der Waals surface area contributed by atoms with Gasteiger partial charge in [-0.05, 0) is 48.9 Å². The molecule has 0 saturated carbocycles. The Bertz CT molecular complexity index is 930. The van der Waals surface area contributed by atoms with Crippen LogP contribution in [0.1, 0.15) is 31.0 Å². The number of nitrogens with zero attached hydrogens (tertiary/aromatic N) is 3. The van der Waals surface area contributed by atoms with Gasteiger partial charge in [0.1, 0.15) is 5.82 Å². The Morgan fingerprint density at radius 3 is 2.75 bits per heavy atom. The largest absolute Gasteiger partial charge is 0.369 e. The molecule has 0 bridgehead atoms. The number of rotatable bonds is 6. The van der Waals surface area contributed by atoms with Crippen molar-refractivity contribution < 1.29 is 4.39 Å². The lowest BCUT2D eigenvalue weighted by Gasteiger charge is -2.37. The van der Waals surface area contributed by atoms with Crippen molar-refractivity contribution in [2.75, 3.05) is 37.6 Å². The Hall–Kier alpha value is -2.44. The number of likely N-dealkylation sites (N-methyl/N-ethyl adjacent to an activating group) is 1. The summed E-state index contributed by atoms with van der Waals surface area (Å²) in [6, 6.07) is 11.5. The van der Waals surface area contributed by atoms with Gasteiger partial charge < -0.3 is 15.1 Å². The van der Waals surface area contributed by atoms with Crippen molar-refractivity contribution in [2.24, 2.45) is 0 Å². The Balaban J connectivity index is 1.48. The second-order valence-corrected chi connectivity index (χ2v) is 7.52. The van der Waals surface area contributed by atoms with Gasteiger partial charge in [0.15, 0.2) is 0 Å². The smallest absolute Gasteiger partial charge is 0.123 e. The monoisotopic (exact) mass is 381 g/mol. The standard InChI is InChI=1S/C22H28FN5/c1-3-27-8-10-28(11-9-27)22-7-6-19(23)13-20(22)16(2)24-14-17-4-5-18-15-25-26-21(18)12-17/h4-7,12-13,15-16,24H,3,8-11,14H2,1-2H3,(H,25,26)/t16-/m1/s1. The van der Waals surface area contributed by atoms with Gasteiger partial charge in [0.05, 0.1) is 11.7 Å². The highest BCUT2D eigenvalue weighted by Gasteiger charge is 2.21. The van der Waals surface area contributed by atoms with Crippen LogP contribution in [0.3, 0.4) is 0 Å². The molecule has 0 amide bonds. The van der Waals surface area contributed by atoms with E-state index in [1.54, 1.807) is 12.1 Å². The number of aromatic nitrogens is 2. The molecule has 28 heavy (non-hydrogen) atoms. The third-order valence-electron chi connectivity index (χ3n) is 5.73. The molecular formula is C22H28FN5. The van der Waals surface area contributed by atoms with Crippen molar-refractivity contribution in [3.8, 4) is 0 Å². The van der Waals surface area contributed by atoms with Gasteiger partial charge in [-0.15, -0.1) is 0 Å². The zero-order chi connectivity index (χ0) is 19.5. The topological polar surface area (TPSA) is 47.2 Å². The number of piperazine rings is 1. The third-order valence-corrected chi connectivity index (χ3v) is 5.73. The Kier molecular flexibility index (Phi) is 5.59. The molecule has 2 heterocycles. The molecule has 2 N–H and O–H groups in total. The van der Waals surface area contributed by atoms with Crippen molar-refractivity contribution >= 4 is 16.6 Å². The van der Waals surface area contributed by atoms with Gasteiger partial charge in [0.25, 0.3) is 0 Å². The number of H-pyrrole nitrogens is 1. The molecule has 0 aliphatic carbocycles. The molecule has 4 rings (SSSR count). The van der Waals surface area contributed by atoms with E-state index in [2.05, 4.69) is 57.4 Å². The molecule has 1 fully saturated rings. The van der Waals surface area contributed by atoms with E-state index < -0.39 is 0 Å². The van der Waals surface area contributed by atoms with Crippen molar-refractivity contribution in [1.82, 2.24) is 20.4 Å². The van der Waals surface area contributed by atoms with Crippen LogP contribution >= 0.6 is 0 Å². The van der Waals surface area contributed by atoms with E-state index in [0.717, 1.165) is 61.4 Å². The molecule has 0 unspecified atom stereocenters. The van der Waals surface area contributed by atoms with Crippen LogP contribution < -0.4 is 10.2 Å². The van der Waals surface area contributed by atoms with Crippen LogP contribution in [-0.2, 0) is 6.54 Å². The first-order valence-electron chi connectivity index (χ1n) is 10.1. The molecule has 1 aromatic heterocycles. The van der Waals surface area contributed by atoms with Gasteiger partial charge >= 0.3 is 0 Å². The normalized spacial score (nSPS) is 16.6. The zero-order valence-corrected chi connectivity index (χ0v) is 16.6. The first kappa shape index (κ1) is 18.9. The maximum Gasteiger partial charge on any atom is 0.123 e. The molecule has 1 aliphatic heterocycles. The van der Waals surface area contributed by atoms with E-state index in [9.17, 15) is 4.39 Å². The van der Waals surface area contributed by atoms with Gasteiger partial charge in [-0.1, -0.05) is 19.1 Å². The number of aromatic amines is 1. The molecule has 0 spiro atoms. The van der Waals surface area contributed by atoms with E-state index in [-0.39, 0.29) is 11.9 Å². The Morgan fingerprint density at radius 1 is 1.14 bits per heavy atom. The summed E-state index contributed by atoms with van der Waals surface area (Å²) < 4.78 is 14.0. The number of hydrogen-bond donors (Lipinski definition) is 2. The summed E-state index contributed by atoms with van der Waals surface area (Å²) in [6.45, 7) is 10.2. The lowest BCUT2D eigenvalue weighted by Crippen LogP contribution is -2.46. The van der Waals surface area contributed by atoms with Gasteiger partial charge in [-0.2, -0.15) is 5.10 Å². The molecule has 148 valence electrons. The van der Waals surface area contributed by atoms with Crippen LogP contribution in [0.5, 0.6) is 0 Å². The lowest BCUT2D eigenvalue weighted by atomic mass is 10.0. The summed E-state index contributed by atoms with van der Waals surface area (Å²) in [5.41, 5.74) is 4.37. The maximum absolute atomic E-state index is 14.0. The highest BCUT2D eigenvalue weighted by atomic mass is 19.1. The fourth-order valence-corrected chi connectivity index (χ4v) is 3.94. The van der Waals surface area contributed by atoms with Crippen LogP contribution in [-0.4, -0.2) is 47.8 Å². The molecule has 0 radical (unpaired) electrons. The van der Waals surface area contributed by atoms with Gasteiger partial charge in [-0.25, -0.2) is 4.39 Å². The minimum Gasteiger partial charge on any atom is -0.369 e. The third kappa shape index (κ3) is 4.03. The highest BCUT2D eigenvalue weighted by Crippen LogP contribution is 2.28. The fourth-order valence-electron chi connectivity index (χ4n) is 3.94. The molecule has 1 saturated heterocycles. The quantitative estimate of drug-likeness (QED) is 0.684. The van der Waals surface area contributed by atoms with Crippen molar-refractivity contribution in [3.63, 3.8) is 0 Å². The van der Waals surface area contributed by atoms with E-state index in [1.165, 1.54) is 5.56 Å². The predicted molar refractivity (Wildman–Crippen MR) is 112 cm³/mol. The van der Waals surface area contributed by atoms with E-state index in [1.807, 2.05) is 12.3 Å². The number of anilines is 1. The molecule has 3 aromatic rings. The Morgan fingerprint density at radius 2 is 1.96 bits per heavy atom. The highest BCUT2D eigenvalue weighted by molar-refractivity contribution is 5.78. The summed E-state index contributed by atoms with van der Waals surface area (Å²) >= 11 is 0. The molecule has 6 heteroatoms. The summed E-state index contributed by atoms with van der Waals surface area (Å²) in [5.74, 6) is -0.182. The first-order valence-corrected chi connectivity index (χ1v) is 10.1. The average Bonchev–Trinajstić information content (AvgIpc) is 3.20. The second-order valence-electron chi connectivity index (χ2n) is 7.52. The van der Waals surface area contributed by atoms with Crippen molar-refractivity contribution in [2.45, 2.75) is 26.4 Å². The van der Waals surface area contributed by atoms with Crippen LogP contribution in [0.4, 0.5) is 10.1 Å². The van der Waals surface area contributed by atoms with Gasteiger partial charge in [-0.3, -0.25) is 5.10 Å². The van der Waals surface area contributed by atoms with Crippen LogP contribution in [0.25, 0.3) is 10.9 Å². The summed E-state index contributed by atoms with van der Waals surface area (Å²) in [6.07, 6.45) is 1.83. The average molecular weight is 381 g/mol. The van der Waals surface area contributed by atoms with E-state index >= 15 is 0 Å². The summed E-state index contributed by atoms with van der Waals surface area (Å²) in [7, 11) is 0. The SMILES string of the molecule is CCN1CCN(c2ccc(F)cc2[C@@H](C)NCc2ccc3cn[nH]c3c2)CC1. The summed E-state index contributed by atoms with van der Waals surface area (Å²) in [5, 5.41) is 11.8. The summed E-state index contributed by atoms with van der Waals surface area (Å²) in [4.78, 5) is 4.84. The van der Waals surface area contributed by atoms with Crippen molar-refractivity contribution in [1.29, 1.82) is 0 Å². The molecule has 2 aromatic carbocycles. The van der Waals surface area contributed by atoms with Crippen LogP contribution in [0.15, 0.2) is 42.6 Å². The van der Waals surface area contributed by atoms with Crippen LogP contribution in [0, 0.1) is 5.82 Å². The van der Waals surface area contributed by atoms with Gasteiger partial charge in [0, 0.05) is 49.8 Å². The number of fused-ring (bicyclic) bond motifs is 1. The molecule has 1 atom stereocenters. The molecular weight excluding hydrogens is 353 g/mol. The number of nitrogens with one attached hydrogen (secondary N) is 2. The zero-order valence-electron chi connectivity index (χ0n) is 16.6. The van der Waals surface area contributed by atoms with E-state index in [0.29, 0.717) is 0 Å². The fraction of sp³-hybridized carbons (Fsp3) is 0.409. The first-order chi connectivity index (χ1) is 13.6. The minimum atomic E-state index is -0.182. The minimum absolute atomic E-state index is 0.0485. The van der Waals surface area contributed by atoms with Gasteiger partial charge in [0.2, 0.25) is 0 Å². The van der Waals surface area contributed by atoms with E-state index in [4.69, 9.17) is 0 Å². The van der Waals surface area contributed by atoms with Crippen LogP contribution in [0.2, 0.25) is 0 Å². The number of hydrogen-bond acceptors (Lipinski definition) is 4. The molecule has 1 aliphatic rings. The lowest BCUT2D eigenvalue weighted by molar-refractivity contribution is 0.271. The number of benzene rings is 2. The molecule has 5 nitrogen and oxygen atoms in total. The Labute approximate surface area is 165 Å². The predicted octanol–water partition coefficient (Wildman–Crippen LogP) is 3.69. The number of halogens is 1.